The van der Waals surface area contributed by atoms with Gasteiger partial charge >= 0.3 is 0 Å². The van der Waals surface area contributed by atoms with Gasteiger partial charge in [0.15, 0.2) is 0 Å². The van der Waals surface area contributed by atoms with Crippen molar-refractivity contribution in [1.82, 2.24) is 19.7 Å². The number of pyridine rings is 2. The Kier molecular flexibility index (Phi) is 39.2. The second-order valence-electron chi connectivity index (χ2n) is 13.6. The highest BCUT2D eigenvalue weighted by Gasteiger charge is 2.53. The van der Waals surface area contributed by atoms with Crippen LogP contribution in [-0.2, 0) is 31.3 Å². The van der Waals surface area contributed by atoms with Crippen LogP contribution in [0.3, 0.4) is 0 Å². The molecule has 0 bridgehead atoms. The predicted molar refractivity (Wildman–Crippen MR) is 425 cm³/mol. The Morgan fingerprint density at radius 2 is 1.23 bits per heavy atom. The van der Waals surface area contributed by atoms with Gasteiger partial charge in [-0.15, -0.1) is 161 Å². The van der Waals surface area contributed by atoms with Crippen LogP contribution in [0.2, 0.25) is 5.15 Å². The normalized spacial score (nSPS) is 14.8. The Balaban J connectivity index is 0.000000305. The van der Waals surface area contributed by atoms with Crippen LogP contribution in [-0.4, -0.2) is 37.3 Å². The monoisotopic (exact) mass is 1610 g/mol. The van der Waals surface area contributed by atoms with Gasteiger partial charge in [0.05, 0.1) is 24.4 Å². The molecule has 1 aliphatic heterocycles. The van der Waals surface area contributed by atoms with Gasteiger partial charge in [0.1, 0.15) is 22.6 Å². The molecule has 0 saturated heterocycles. The minimum absolute atomic E-state index is 0.000784. The third kappa shape index (κ3) is 21.8. The van der Waals surface area contributed by atoms with E-state index in [0.717, 1.165) is 19.1 Å². The molecule has 22 unspecified atom stereocenters. The molecule has 0 spiro atoms. The van der Waals surface area contributed by atoms with Gasteiger partial charge < -0.3 is 15.3 Å². The highest BCUT2D eigenvalue weighted by molar-refractivity contribution is 9.46. The molecule has 45 heteroatoms. The Bertz CT molecular complexity index is 2260. The summed E-state index contributed by atoms with van der Waals surface area (Å²) in [5, 5.41) is 16.9. The second kappa shape index (κ2) is 37.3. The van der Waals surface area contributed by atoms with Gasteiger partial charge in [0, 0.05) is 32.1 Å². The number of aliphatic hydroxyl groups excluding tert-OH is 1. The first kappa shape index (κ1) is 73.7. The zero-order valence-electron chi connectivity index (χ0n) is 36.9. The van der Waals surface area contributed by atoms with E-state index in [1.54, 1.807) is 48.4 Å². The van der Waals surface area contributed by atoms with Crippen LogP contribution in [0.4, 0.5) is 21.7 Å². The molecule has 22 atom stereocenters. The van der Waals surface area contributed by atoms with Gasteiger partial charge in [-0.25, -0.2) is 14.4 Å². The van der Waals surface area contributed by atoms with Gasteiger partial charge in [0.25, 0.3) is 0 Å². The number of aliphatic hydroxyl groups is 1. The van der Waals surface area contributed by atoms with Crippen molar-refractivity contribution in [2.24, 2.45) is 7.05 Å². The minimum Gasteiger partial charge on any atom is -0.390 e. The van der Waals surface area contributed by atoms with Crippen LogP contribution in [0.25, 0.3) is 11.1 Å². The fraction of sp³-hybridized carbons (Fsp3) is 0.200. The van der Waals surface area contributed by atoms with Crippen molar-refractivity contribution < 1.29 is 14.3 Å². The lowest BCUT2D eigenvalue weighted by atomic mass is 10.0. The van der Waals surface area contributed by atoms with Crippen LogP contribution in [0.15, 0.2) is 54.9 Å². The number of benzene rings is 1. The van der Waals surface area contributed by atoms with Crippen molar-refractivity contribution >= 4 is 315 Å². The topological polar surface area (TPSA) is 96.2 Å². The van der Waals surface area contributed by atoms with E-state index in [-0.39, 0.29) is 136 Å². The van der Waals surface area contributed by atoms with Crippen LogP contribution < -0.4 is 10.2 Å². The van der Waals surface area contributed by atoms with E-state index in [4.69, 9.17) is 11.6 Å². The lowest BCUT2D eigenvalue weighted by Gasteiger charge is -2.54. The molecule has 3 aromatic heterocycles. The Labute approximate surface area is 481 Å². The van der Waals surface area contributed by atoms with Crippen molar-refractivity contribution in [3.05, 3.63) is 82.6 Å². The molecule has 0 aliphatic carbocycles. The van der Waals surface area contributed by atoms with E-state index in [2.05, 4.69) is 181 Å². The average molecular weight is 1610 g/mol. The zero-order valence-corrected chi connectivity index (χ0v) is 73.8. The predicted octanol–water partition coefficient (Wildman–Crippen LogP) is 24.3. The molecule has 8 nitrogen and oxygen atoms in total. The first-order valence-electron chi connectivity index (χ1n) is 18.9. The van der Waals surface area contributed by atoms with Crippen LogP contribution in [0.1, 0.15) is 16.8 Å². The third-order valence-corrected chi connectivity index (χ3v) is 244. The lowest BCUT2D eigenvalue weighted by molar-refractivity contribution is -0.117. The van der Waals surface area contributed by atoms with Crippen LogP contribution in [0, 0.1) is 5.82 Å². The number of hydrogen-bond acceptors (Lipinski definition) is 6. The van der Waals surface area contributed by atoms with Gasteiger partial charge in [-0.1, -0.05) is 25.6 Å². The molecule has 0 saturated carbocycles. The highest BCUT2D eigenvalue weighted by atomic mass is 35.5. The minimum atomic E-state index is -0.453. The first-order valence-corrected chi connectivity index (χ1v) is 82.5. The molecule has 0 fully saturated rings. The lowest BCUT2D eigenvalue weighted by Crippen LogP contribution is -2.31. The maximum Gasteiger partial charge on any atom is 0.231 e. The summed E-state index contributed by atoms with van der Waals surface area (Å²) < 4.78 is 16.9. The van der Waals surface area contributed by atoms with Gasteiger partial charge in [0.2, 0.25) is 5.91 Å². The van der Waals surface area contributed by atoms with E-state index in [1.807, 2.05) is 12.1 Å². The zero-order chi connectivity index (χ0) is 52.5. The van der Waals surface area contributed by atoms with Crippen molar-refractivity contribution in [2.45, 2.75) is 19.4 Å². The largest absolute Gasteiger partial charge is 0.390 e. The number of aromatic nitrogens is 4. The molecule has 390 valence electrons. The smallest absolute Gasteiger partial charge is 0.231 e. The Hall–Kier alpha value is 11.2. The number of amides is 1. The number of rotatable bonds is 22. The summed E-state index contributed by atoms with van der Waals surface area (Å²) in [6.07, 6.45) is 3.81. The number of nitrogens with zero attached hydrogens (tertiary/aromatic N) is 5. The summed E-state index contributed by atoms with van der Waals surface area (Å²) in [6.45, 7) is -0.375. The summed E-state index contributed by atoms with van der Waals surface area (Å²) in [4.78, 5) is 22.8. The van der Waals surface area contributed by atoms with Crippen molar-refractivity contribution in [3.63, 3.8) is 0 Å². The van der Waals surface area contributed by atoms with E-state index >= 15 is 4.39 Å². The summed E-state index contributed by atoms with van der Waals surface area (Å²) in [6, 6.07) is 12.2. The van der Waals surface area contributed by atoms with Crippen molar-refractivity contribution in [1.29, 1.82) is 0 Å². The second-order valence-corrected chi connectivity index (χ2v) is 154. The molecule has 1 aromatic carbocycles. The third-order valence-electron chi connectivity index (χ3n) is 8.88. The number of nitrogens with one attached hydrogen (secondary N) is 1. The SMILES string of the molecule is Cn1nc(CO)cc1Nc1cc(-c2cc(F)c3c(c2)CCN3C(=O)Cc2cccnc2Cl)ccn1.PPP(P)P(P(P(P)P)P(P)P)P(P(P(P)P)P(P)P)P(P(P(P)P)P(P)P)P(P(P)P)P(P)P. The average Bonchev–Trinajstić information content (AvgIpc) is 3.87. The van der Waals surface area contributed by atoms with Gasteiger partial charge in [-0.3, -0.25) is 9.48 Å². The molecule has 5 rings (SSSR count). The van der Waals surface area contributed by atoms with Gasteiger partial charge in [-0.2, -0.15) is 5.10 Å². The maximum atomic E-state index is 15.3. The fourth-order valence-electron chi connectivity index (χ4n) is 6.19. The van der Waals surface area contributed by atoms with Gasteiger partial charge in [-0.05, 0) is 171 Å². The van der Waals surface area contributed by atoms with E-state index in [9.17, 15) is 9.90 Å². The van der Waals surface area contributed by atoms with Crippen molar-refractivity contribution in [2.75, 3.05) is 16.8 Å². The molecule has 70 heavy (non-hydrogen) atoms. The number of hydrogen-bond donors (Lipinski definition) is 2. The van der Waals surface area contributed by atoms with Crippen molar-refractivity contribution in [3.8, 4) is 11.1 Å². The first-order chi connectivity index (χ1) is 32.9. The van der Waals surface area contributed by atoms with Crippen LogP contribution in [0.5, 0.6) is 0 Å². The Morgan fingerprint density at radius 1 is 0.714 bits per heavy atom. The summed E-state index contributed by atoms with van der Waals surface area (Å²) in [5.41, 5.74) is 3.71. The molecular formula is C25H59ClFN6O2P35. The molecule has 1 amide bonds. The number of fused-ring (bicyclic) bond motifs is 1. The summed E-state index contributed by atoms with van der Waals surface area (Å²) >= 11 is 6.09. The maximum absolute atomic E-state index is 15.3. The molecule has 1 aliphatic rings. The number of carbonyl (C=O) groups is 1. The molecular weight excluding hydrogens is 1550 g/mol. The van der Waals surface area contributed by atoms with Crippen LogP contribution >= 0.6 is 292 Å². The van der Waals surface area contributed by atoms with E-state index < -0.39 is 5.82 Å². The summed E-state index contributed by atoms with van der Waals surface area (Å²) in [5.74, 6) is 0.549. The fourth-order valence-corrected chi connectivity index (χ4v) is 476. The standard InChI is InChI=1S/C25H22ClFN6O2.H37P35/c1-32-22(13-19(14-34)31-32)30-21-11-15(4-7-28-21)18-9-16-5-8-33(24(16)20(27)10-18)23(35)12-17-3-2-6-29-25(17)26;1-19-28(18)33(29(20(2)3)21(4)5)35(32(26(14)15)27(16)17)34(30(22(6)7)23(8)9)31(24(10)11)25(12)13/h2-4,6-7,9-11,13,34H,5,8,12,14H2,1H3,(H,28,30);19H,1-18H2. The highest BCUT2D eigenvalue weighted by Crippen LogP contribution is 3.40. The number of aryl methyl sites for hydroxylation is 1. The van der Waals surface area contributed by atoms with E-state index in [0.29, 0.717) is 47.1 Å². The molecule has 4 aromatic rings. The van der Waals surface area contributed by atoms with E-state index in [1.165, 1.54) is 11.0 Å². The molecule has 0 radical (unpaired) electrons. The molecule has 4 heterocycles. The Morgan fingerprint density at radius 3 is 1.70 bits per heavy atom. The summed E-state index contributed by atoms with van der Waals surface area (Å²) in [7, 11) is 63.0. The molecule has 2 N–H and O–H groups in total. The number of anilines is 3. The quantitative estimate of drug-likeness (QED) is 0.0601. The number of carbonyl (C=O) groups excluding carboxylic acids is 1. The number of halogens is 2.